The summed E-state index contributed by atoms with van der Waals surface area (Å²) >= 11 is 1.75. The SMILES string of the molecule is CC#C[C@@H](CC(=O)O)c1ccc(OCc2ccc3ccn(Cc4ccc(SC)cc4)c3c2C)cc1. The van der Waals surface area contributed by atoms with E-state index in [1.807, 2.05) is 24.3 Å². The molecule has 1 atom stereocenters. The molecule has 4 nitrogen and oxygen atoms in total. The highest BCUT2D eigenvalue weighted by Crippen LogP contribution is 2.27. The second-order valence-corrected chi connectivity index (χ2v) is 9.36. The third-order valence-corrected chi connectivity index (χ3v) is 6.93. The predicted octanol–water partition coefficient (Wildman–Crippen LogP) is 6.88. The quantitative estimate of drug-likeness (QED) is 0.208. The molecule has 0 amide bonds. The van der Waals surface area contributed by atoms with Crippen molar-refractivity contribution in [3.8, 4) is 17.6 Å². The minimum atomic E-state index is -0.856. The van der Waals surface area contributed by atoms with Gasteiger partial charge < -0.3 is 14.4 Å². The summed E-state index contributed by atoms with van der Waals surface area (Å²) in [7, 11) is 0. The van der Waals surface area contributed by atoms with Gasteiger partial charge in [0.25, 0.3) is 0 Å². The Morgan fingerprint density at radius 2 is 1.80 bits per heavy atom. The van der Waals surface area contributed by atoms with Crippen molar-refractivity contribution in [2.24, 2.45) is 0 Å². The minimum Gasteiger partial charge on any atom is -0.489 e. The van der Waals surface area contributed by atoms with Crippen molar-refractivity contribution in [1.82, 2.24) is 4.57 Å². The Labute approximate surface area is 210 Å². The summed E-state index contributed by atoms with van der Waals surface area (Å²) in [4.78, 5) is 12.4. The van der Waals surface area contributed by atoms with Crippen molar-refractivity contribution in [3.05, 3.63) is 95.2 Å². The maximum absolute atomic E-state index is 11.1. The average Bonchev–Trinajstić information content (AvgIpc) is 3.27. The lowest BCUT2D eigenvalue weighted by molar-refractivity contribution is -0.137. The molecule has 0 spiro atoms. The molecule has 1 N–H and O–H groups in total. The fraction of sp³-hybridized carbons (Fsp3) is 0.233. The molecule has 1 heterocycles. The summed E-state index contributed by atoms with van der Waals surface area (Å²) in [5.41, 5.74) is 5.74. The van der Waals surface area contributed by atoms with Gasteiger partial charge in [0.05, 0.1) is 17.9 Å². The summed E-state index contributed by atoms with van der Waals surface area (Å²) in [5.74, 6) is 5.38. The van der Waals surface area contributed by atoms with E-state index in [9.17, 15) is 4.79 Å². The van der Waals surface area contributed by atoms with Gasteiger partial charge in [-0.1, -0.05) is 42.3 Å². The van der Waals surface area contributed by atoms with Crippen LogP contribution < -0.4 is 4.74 Å². The van der Waals surface area contributed by atoms with Gasteiger partial charge in [0.15, 0.2) is 0 Å². The van der Waals surface area contributed by atoms with Gasteiger partial charge in [-0.3, -0.25) is 4.79 Å². The third kappa shape index (κ3) is 5.90. The molecule has 0 saturated heterocycles. The fourth-order valence-electron chi connectivity index (χ4n) is 4.30. The number of hydrogen-bond donors (Lipinski definition) is 1. The molecule has 1 aromatic heterocycles. The van der Waals surface area contributed by atoms with Crippen LogP contribution in [0, 0.1) is 18.8 Å². The van der Waals surface area contributed by atoms with Gasteiger partial charge in [-0.15, -0.1) is 17.7 Å². The van der Waals surface area contributed by atoms with E-state index in [-0.39, 0.29) is 12.3 Å². The van der Waals surface area contributed by atoms with Crippen LogP contribution in [-0.2, 0) is 17.9 Å². The number of hydrogen-bond acceptors (Lipinski definition) is 3. The van der Waals surface area contributed by atoms with E-state index >= 15 is 0 Å². The van der Waals surface area contributed by atoms with Gasteiger partial charge in [-0.25, -0.2) is 0 Å². The molecule has 5 heteroatoms. The number of aryl methyl sites for hydroxylation is 1. The molecule has 178 valence electrons. The lowest BCUT2D eigenvalue weighted by Gasteiger charge is -2.14. The summed E-state index contributed by atoms with van der Waals surface area (Å²) in [6.45, 7) is 5.16. The number of fused-ring (bicyclic) bond motifs is 1. The van der Waals surface area contributed by atoms with Crippen LogP contribution in [0.15, 0.2) is 77.8 Å². The Kier molecular flexibility index (Phi) is 7.84. The van der Waals surface area contributed by atoms with Gasteiger partial charge in [0, 0.05) is 17.6 Å². The zero-order chi connectivity index (χ0) is 24.8. The molecule has 0 bridgehead atoms. The molecule has 0 aliphatic carbocycles. The van der Waals surface area contributed by atoms with Gasteiger partial charge in [-0.2, -0.15) is 0 Å². The second-order valence-electron chi connectivity index (χ2n) is 8.48. The molecule has 4 aromatic rings. The monoisotopic (exact) mass is 483 g/mol. The van der Waals surface area contributed by atoms with Gasteiger partial charge in [0.1, 0.15) is 12.4 Å². The fourth-order valence-corrected chi connectivity index (χ4v) is 4.71. The Hall–Kier alpha value is -3.62. The Bertz CT molecular complexity index is 1380. The van der Waals surface area contributed by atoms with Crippen molar-refractivity contribution < 1.29 is 14.6 Å². The molecular formula is C30H29NO3S. The van der Waals surface area contributed by atoms with E-state index in [2.05, 4.69) is 78.2 Å². The first-order valence-corrected chi connectivity index (χ1v) is 12.8. The number of rotatable bonds is 9. The van der Waals surface area contributed by atoms with Gasteiger partial charge in [0.2, 0.25) is 0 Å². The first-order chi connectivity index (χ1) is 17.0. The average molecular weight is 484 g/mol. The number of carboxylic acid groups (broad SMARTS) is 1. The van der Waals surface area contributed by atoms with E-state index in [0.717, 1.165) is 23.4 Å². The van der Waals surface area contributed by atoms with Crippen molar-refractivity contribution in [1.29, 1.82) is 0 Å². The Morgan fingerprint density at radius 3 is 2.46 bits per heavy atom. The predicted molar refractivity (Wildman–Crippen MR) is 143 cm³/mol. The van der Waals surface area contributed by atoms with Gasteiger partial charge >= 0.3 is 5.97 Å². The first-order valence-electron chi connectivity index (χ1n) is 11.6. The standard InChI is InChI=1S/C30H29NO3S/c1-4-5-25(18-29(32)33)23-10-12-27(13-11-23)34-20-26-9-8-24-16-17-31(30(24)21(26)2)19-22-6-14-28(35-3)15-7-22/h6-17,25H,18-20H2,1-3H3,(H,32,33)/t25-/m0/s1. The van der Waals surface area contributed by atoms with Crippen LogP contribution in [0.4, 0.5) is 0 Å². The zero-order valence-electron chi connectivity index (χ0n) is 20.2. The summed E-state index contributed by atoms with van der Waals surface area (Å²) < 4.78 is 8.39. The van der Waals surface area contributed by atoms with Crippen molar-refractivity contribution in [3.63, 3.8) is 0 Å². The number of carboxylic acids is 1. The van der Waals surface area contributed by atoms with Crippen LogP contribution in [-0.4, -0.2) is 21.9 Å². The number of carbonyl (C=O) groups is 1. The highest BCUT2D eigenvalue weighted by atomic mass is 32.2. The Balaban J connectivity index is 1.49. The van der Waals surface area contributed by atoms with Crippen LogP contribution in [0.5, 0.6) is 5.75 Å². The van der Waals surface area contributed by atoms with E-state index in [0.29, 0.717) is 6.61 Å². The normalized spacial score (nSPS) is 11.6. The number of aliphatic carboxylic acids is 1. The number of aromatic nitrogens is 1. The second kappa shape index (κ2) is 11.2. The minimum absolute atomic E-state index is 0.0123. The smallest absolute Gasteiger partial charge is 0.304 e. The van der Waals surface area contributed by atoms with Crippen LogP contribution in [0.1, 0.15) is 41.5 Å². The van der Waals surface area contributed by atoms with E-state index in [1.165, 1.54) is 26.9 Å². The van der Waals surface area contributed by atoms with Gasteiger partial charge in [-0.05, 0) is 78.1 Å². The lowest BCUT2D eigenvalue weighted by atomic mass is 9.96. The maximum atomic E-state index is 11.1. The van der Waals surface area contributed by atoms with Crippen LogP contribution in [0.2, 0.25) is 0 Å². The maximum Gasteiger partial charge on any atom is 0.304 e. The van der Waals surface area contributed by atoms with Crippen molar-refractivity contribution in [2.75, 3.05) is 6.26 Å². The van der Waals surface area contributed by atoms with E-state index in [4.69, 9.17) is 9.84 Å². The molecule has 0 aliphatic heterocycles. The number of thioether (sulfide) groups is 1. The summed E-state index contributed by atoms with van der Waals surface area (Å²) in [5, 5.41) is 10.4. The highest BCUT2D eigenvalue weighted by molar-refractivity contribution is 7.98. The molecule has 0 radical (unpaired) electrons. The van der Waals surface area contributed by atoms with Crippen molar-refractivity contribution >= 4 is 28.6 Å². The zero-order valence-corrected chi connectivity index (χ0v) is 21.1. The highest BCUT2D eigenvalue weighted by Gasteiger charge is 2.14. The van der Waals surface area contributed by atoms with E-state index < -0.39 is 5.97 Å². The molecule has 0 unspecified atom stereocenters. The lowest BCUT2D eigenvalue weighted by Crippen LogP contribution is -2.05. The first kappa shape index (κ1) is 24.5. The van der Waals surface area contributed by atoms with Crippen LogP contribution in [0.3, 0.4) is 0 Å². The number of ether oxygens (including phenoxy) is 1. The van der Waals surface area contributed by atoms with Crippen LogP contribution in [0.25, 0.3) is 10.9 Å². The van der Waals surface area contributed by atoms with Crippen LogP contribution >= 0.6 is 11.8 Å². The molecule has 0 fully saturated rings. The molecule has 0 aliphatic rings. The molecule has 3 aromatic carbocycles. The Morgan fingerprint density at radius 1 is 1.06 bits per heavy atom. The summed E-state index contributed by atoms with van der Waals surface area (Å²) in [6, 6.07) is 22.7. The van der Waals surface area contributed by atoms with Crippen molar-refractivity contribution in [2.45, 2.75) is 44.2 Å². The molecule has 0 saturated carbocycles. The summed E-state index contributed by atoms with van der Waals surface area (Å²) in [6.07, 6.45) is 4.23. The molecular weight excluding hydrogens is 454 g/mol. The topological polar surface area (TPSA) is 51.5 Å². The molecule has 4 rings (SSSR count). The number of benzene rings is 3. The third-order valence-electron chi connectivity index (χ3n) is 6.18. The molecule has 35 heavy (non-hydrogen) atoms. The van der Waals surface area contributed by atoms with E-state index in [1.54, 1.807) is 18.7 Å². The largest absolute Gasteiger partial charge is 0.489 e. The number of nitrogens with zero attached hydrogens (tertiary/aromatic N) is 1.